The van der Waals surface area contributed by atoms with E-state index >= 15 is 0 Å². The maximum Gasteiger partial charge on any atom is 0.223 e. The Hall–Kier alpha value is -1.56. The maximum absolute atomic E-state index is 5.78. The van der Waals surface area contributed by atoms with Crippen molar-refractivity contribution < 1.29 is 4.74 Å². The molecule has 0 aliphatic carbocycles. The maximum atomic E-state index is 5.78. The van der Waals surface area contributed by atoms with Gasteiger partial charge in [0.15, 0.2) is 0 Å². The van der Waals surface area contributed by atoms with Crippen molar-refractivity contribution in [3.05, 3.63) is 6.07 Å². The number of nitrogens with one attached hydrogen (secondary N) is 1. The van der Waals surface area contributed by atoms with Crippen LogP contribution in [0.4, 0.5) is 17.6 Å². The molecule has 0 fully saturated rings. The SMILES string of the molecule is CCCNc1cc(N(CC)C(C)COC)nc(N)n1. The van der Waals surface area contributed by atoms with Crippen molar-refractivity contribution in [3.63, 3.8) is 0 Å². The van der Waals surface area contributed by atoms with Gasteiger partial charge >= 0.3 is 0 Å². The second-order valence-corrected chi connectivity index (χ2v) is 4.49. The van der Waals surface area contributed by atoms with Crippen LogP contribution in [0.2, 0.25) is 0 Å². The molecule has 1 rings (SSSR count). The first-order valence-corrected chi connectivity index (χ1v) is 6.76. The summed E-state index contributed by atoms with van der Waals surface area (Å²) in [7, 11) is 1.70. The third kappa shape index (κ3) is 4.55. The third-order valence-electron chi connectivity index (χ3n) is 2.86. The van der Waals surface area contributed by atoms with Gasteiger partial charge in [-0.3, -0.25) is 0 Å². The Morgan fingerprint density at radius 2 is 2.16 bits per heavy atom. The molecule has 0 saturated carbocycles. The van der Waals surface area contributed by atoms with E-state index in [0.29, 0.717) is 12.6 Å². The number of nitrogens with two attached hydrogens (primary N) is 1. The fourth-order valence-corrected chi connectivity index (χ4v) is 1.97. The van der Waals surface area contributed by atoms with Gasteiger partial charge in [-0.2, -0.15) is 9.97 Å². The molecule has 0 aromatic carbocycles. The van der Waals surface area contributed by atoms with Crippen LogP contribution in [0.15, 0.2) is 6.07 Å². The summed E-state index contributed by atoms with van der Waals surface area (Å²) in [6.07, 6.45) is 1.04. The molecule has 1 aromatic rings. The Labute approximate surface area is 115 Å². The number of nitrogens with zero attached hydrogens (tertiary/aromatic N) is 3. The number of rotatable bonds is 8. The minimum absolute atomic E-state index is 0.239. The lowest BCUT2D eigenvalue weighted by Gasteiger charge is -2.28. The van der Waals surface area contributed by atoms with E-state index in [-0.39, 0.29) is 6.04 Å². The Bertz CT molecular complexity index is 385. The minimum Gasteiger partial charge on any atom is -0.383 e. The van der Waals surface area contributed by atoms with E-state index in [0.717, 1.165) is 31.1 Å². The summed E-state index contributed by atoms with van der Waals surface area (Å²) >= 11 is 0. The third-order valence-corrected chi connectivity index (χ3v) is 2.86. The summed E-state index contributed by atoms with van der Waals surface area (Å²) in [5.41, 5.74) is 5.78. The second-order valence-electron chi connectivity index (χ2n) is 4.49. The Morgan fingerprint density at radius 3 is 2.74 bits per heavy atom. The van der Waals surface area contributed by atoms with Gasteiger partial charge in [-0.05, 0) is 20.3 Å². The molecule has 108 valence electrons. The van der Waals surface area contributed by atoms with Crippen LogP contribution in [0.5, 0.6) is 0 Å². The van der Waals surface area contributed by atoms with Crippen molar-refractivity contribution in [2.75, 3.05) is 42.8 Å². The van der Waals surface area contributed by atoms with E-state index in [1.807, 2.05) is 6.07 Å². The van der Waals surface area contributed by atoms with Crippen LogP contribution in [-0.4, -0.2) is 42.8 Å². The number of hydrogen-bond donors (Lipinski definition) is 2. The molecule has 19 heavy (non-hydrogen) atoms. The van der Waals surface area contributed by atoms with Crippen molar-refractivity contribution in [1.29, 1.82) is 0 Å². The highest BCUT2D eigenvalue weighted by molar-refractivity contribution is 5.53. The van der Waals surface area contributed by atoms with Crippen LogP contribution in [0.3, 0.4) is 0 Å². The van der Waals surface area contributed by atoms with Crippen LogP contribution in [0, 0.1) is 0 Å². The molecule has 0 bridgehead atoms. The lowest BCUT2D eigenvalue weighted by molar-refractivity contribution is 0.181. The van der Waals surface area contributed by atoms with Gasteiger partial charge in [-0.15, -0.1) is 0 Å². The predicted molar refractivity (Wildman–Crippen MR) is 79.6 cm³/mol. The summed E-state index contributed by atoms with van der Waals surface area (Å²) in [6.45, 7) is 8.66. The van der Waals surface area contributed by atoms with Crippen molar-refractivity contribution in [3.8, 4) is 0 Å². The molecule has 6 heteroatoms. The van der Waals surface area contributed by atoms with Gasteiger partial charge in [-0.1, -0.05) is 6.92 Å². The molecule has 1 unspecified atom stereocenters. The molecule has 0 aliphatic rings. The smallest absolute Gasteiger partial charge is 0.223 e. The van der Waals surface area contributed by atoms with E-state index < -0.39 is 0 Å². The summed E-state index contributed by atoms with van der Waals surface area (Å²) in [4.78, 5) is 10.7. The standard InChI is InChI=1S/C13H25N5O/c1-5-7-15-11-8-12(17-13(14)16-11)18(6-2)10(3)9-19-4/h8,10H,5-7,9H2,1-4H3,(H3,14,15,16,17). The topological polar surface area (TPSA) is 76.3 Å². The second kappa shape index (κ2) is 7.78. The Morgan fingerprint density at radius 1 is 1.42 bits per heavy atom. The number of nitrogen functional groups attached to an aromatic ring is 1. The summed E-state index contributed by atoms with van der Waals surface area (Å²) in [6, 6.07) is 2.17. The lowest BCUT2D eigenvalue weighted by Crippen LogP contribution is -2.37. The van der Waals surface area contributed by atoms with E-state index in [2.05, 4.69) is 41.0 Å². The highest BCUT2D eigenvalue weighted by Gasteiger charge is 2.15. The van der Waals surface area contributed by atoms with E-state index in [1.54, 1.807) is 7.11 Å². The van der Waals surface area contributed by atoms with Crippen LogP contribution in [-0.2, 0) is 4.74 Å². The van der Waals surface area contributed by atoms with Crippen molar-refractivity contribution in [1.82, 2.24) is 9.97 Å². The van der Waals surface area contributed by atoms with Crippen molar-refractivity contribution in [2.45, 2.75) is 33.2 Å². The molecule has 6 nitrogen and oxygen atoms in total. The van der Waals surface area contributed by atoms with Crippen LogP contribution >= 0.6 is 0 Å². The normalized spacial score (nSPS) is 12.2. The molecule has 0 saturated heterocycles. The molecule has 0 radical (unpaired) electrons. The first kappa shape index (κ1) is 15.5. The van der Waals surface area contributed by atoms with E-state index in [9.17, 15) is 0 Å². The summed E-state index contributed by atoms with van der Waals surface area (Å²) < 4.78 is 5.20. The van der Waals surface area contributed by atoms with Gasteiger partial charge in [-0.25, -0.2) is 0 Å². The molecule has 1 aromatic heterocycles. The molecular formula is C13H25N5O. The molecule has 0 aliphatic heterocycles. The highest BCUT2D eigenvalue weighted by atomic mass is 16.5. The predicted octanol–water partition coefficient (Wildman–Crippen LogP) is 1.74. The Balaban J connectivity index is 2.92. The lowest BCUT2D eigenvalue weighted by atomic mass is 10.3. The molecular weight excluding hydrogens is 242 g/mol. The molecule has 0 amide bonds. The average molecular weight is 267 g/mol. The number of ether oxygens (including phenoxy) is 1. The molecule has 1 atom stereocenters. The zero-order valence-electron chi connectivity index (χ0n) is 12.3. The zero-order chi connectivity index (χ0) is 14.3. The minimum atomic E-state index is 0.239. The quantitative estimate of drug-likeness (QED) is 0.747. The number of methoxy groups -OCH3 is 1. The van der Waals surface area contributed by atoms with Crippen molar-refractivity contribution >= 4 is 17.6 Å². The monoisotopic (exact) mass is 267 g/mol. The van der Waals surface area contributed by atoms with E-state index in [1.165, 1.54) is 0 Å². The van der Waals surface area contributed by atoms with Crippen LogP contribution in [0.1, 0.15) is 27.2 Å². The fraction of sp³-hybridized carbons (Fsp3) is 0.692. The van der Waals surface area contributed by atoms with Gasteiger partial charge in [0.1, 0.15) is 11.6 Å². The summed E-state index contributed by atoms with van der Waals surface area (Å²) in [5.74, 6) is 1.89. The number of hydrogen-bond acceptors (Lipinski definition) is 6. The van der Waals surface area contributed by atoms with Gasteiger partial charge in [0.2, 0.25) is 5.95 Å². The van der Waals surface area contributed by atoms with Crippen LogP contribution in [0.25, 0.3) is 0 Å². The first-order chi connectivity index (χ1) is 9.12. The van der Waals surface area contributed by atoms with Gasteiger partial charge in [0, 0.05) is 26.3 Å². The van der Waals surface area contributed by atoms with Gasteiger partial charge in [0.25, 0.3) is 0 Å². The number of aromatic nitrogens is 2. The highest BCUT2D eigenvalue weighted by Crippen LogP contribution is 2.19. The first-order valence-electron chi connectivity index (χ1n) is 6.76. The Kier molecular flexibility index (Phi) is 6.35. The number of likely N-dealkylation sites (N-methyl/N-ethyl adjacent to an activating group) is 1. The fourth-order valence-electron chi connectivity index (χ4n) is 1.97. The van der Waals surface area contributed by atoms with Crippen molar-refractivity contribution in [2.24, 2.45) is 0 Å². The summed E-state index contributed by atoms with van der Waals surface area (Å²) in [5, 5.41) is 3.24. The molecule has 1 heterocycles. The van der Waals surface area contributed by atoms with Gasteiger partial charge in [0.05, 0.1) is 12.6 Å². The van der Waals surface area contributed by atoms with Crippen LogP contribution < -0.4 is 16.0 Å². The largest absolute Gasteiger partial charge is 0.383 e. The molecule has 0 spiro atoms. The van der Waals surface area contributed by atoms with E-state index in [4.69, 9.17) is 10.5 Å². The number of anilines is 3. The molecule has 3 N–H and O–H groups in total. The zero-order valence-corrected chi connectivity index (χ0v) is 12.3. The average Bonchev–Trinajstić information content (AvgIpc) is 2.37. The van der Waals surface area contributed by atoms with Gasteiger partial charge < -0.3 is 20.7 Å².